The summed E-state index contributed by atoms with van der Waals surface area (Å²) in [7, 11) is -2.11. The first-order chi connectivity index (χ1) is 9.55. The molecular formula is C12H16N4O2S2. The van der Waals surface area contributed by atoms with Crippen LogP contribution in [0.15, 0.2) is 40.9 Å². The van der Waals surface area contributed by atoms with E-state index < -0.39 is 10.0 Å². The van der Waals surface area contributed by atoms with Crippen LogP contribution in [0.2, 0.25) is 0 Å². The highest BCUT2D eigenvalue weighted by Gasteiger charge is 2.25. The summed E-state index contributed by atoms with van der Waals surface area (Å²) in [6.45, 7) is 0.392. The van der Waals surface area contributed by atoms with Gasteiger partial charge in [-0.2, -0.15) is 4.31 Å². The second kappa shape index (κ2) is 6.31. The molecule has 0 unspecified atom stereocenters. The van der Waals surface area contributed by atoms with Crippen molar-refractivity contribution < 1.29 is 8.42 Å². The molecule has 0 saturated heterocycles. The second-order valence-corrected chi connectivity index (χ2v) is 7.15. The maximum Gasteiger partial charge on any atom is 0.262 e. The third-order valence-electron chi connectivity index (χ3n) is 2.83. The molecule has 0 aliphatic heterocycles. The van der Waals surface area contributed by atoms with E-state index in [-0.39, 0.29) is 10.7 Å². The van der Waals surface area contributed by atoms with Crippen LogP contribution in [-0.2, 0) is 16.4 Å². The van der Waals surface area contributed by atoms with Gasteiger partial charge in [0, 0.05) is 24.7 Å². The molecule has 6 nitrogen and oxygen atoms in total. The Morgan fingerprint density at radius 3 is 2.85 bits per heavy atom. The van der Waals surface area contributed by atoms with E-state index in [4.69, 9.17) is 5.84 Å². The highest BCUT2D eigenvalue weighted by molar-refractivity contribution is 7.89. The van der Waals surface area contributed by atoms with Crippen LogP contribution in [-0.4, -0.2) is 31.3 Å². The molecule has 2 aromatic heterocycles. The van der Waals surface area contributed by atoms with Gasteiger partial charge in [0.15, 0.2) is 5.03 Å². The maximum absolute atomic E-state index is 12.4. The van der Waals surface area contributed by atoms with Crippen molar-refractivity contribution in [2.45, 2.75) is 11.4 Å². The number of thiophene rings is 1. The molecule has 2 rings (SSSR count). The summed E-state index contributed by atoms with van der Waals surface area (Å²) in [6.07, 6.45) is 2.10. The molecule has 0 bridgehead atoms. The zero-order valence-corrected chi connectivity index (χ0v) is 12.6. The fourth-order valence-electron chi connectivity index (χ4n) is 1.70. The number of nitrogens with two attached hydrogens (primary N) is 1. The first-order valence-electron chi connectivity index (χ1n) is 5.96. The second-order valence-electron chi connectivity index (χ2n) is 4.16. The van der Waals surface area contributed by atoms with Gasteiger partial charge in [0.25, 0.3) is 10.0 Å². The minimum Gasteiger partial charge on any atom is -0.321 e. The van der Waals surface area contributed by atoms with Gasteiger partial charge in [-0.3, -0.25) is 5.84 Å². The number of hydrogen-bond acceptors (Lipinski definition) is 6. The molecule has 2 aromatic rings. The molecule has 0 atom stereocenters. The average Bonchev–Trinajstić information content (AvgIpc) is 2.97. The van der Waals surface area contributed by atoms with E-state index in [9.17, 15) is 8.42 Å². The Morgan fingerprint density at radius 2 is 2.20 bits per heavy atom. The normalized spacial score (nSPS) is 11.8. The van der Waals surface area contributed by atoms with E-state index in [1.54, 1.807) is 23.5 Å². The van der Waals surface area contributed by atoms with Crippen molar-refractivity contribution in [3.8, 4) is 0 Å². The van der Waals surface area contributed by atoms with Crippen LogP contribution in [0.5, 0.6) is 0 Å². The molecule has 0 amide bonds. The van der Waals surface area contributed by atoms with Gasteiger partial charge in [0.2, 0.25) is 0 Å². The van der Waals surface area contributed by atoms with Crippen LogP contribution in [0.3, 0.4) is 0 Å². The van der Waals surface area contributed by atoms with Crippen molar-refractivity contribution in [1.29, 1.82) is 0 Å². The summed E-state index contributed by atoms with van der Waals surface area (Å²) in [4.78, 5) is 5.06. The van der Waals surface area contributed by atoms with Crippen LogP contribution in [0.4, 0.5) is 5.69 Å². The Kier molecular flexibility index (Phi) is 4.71. The Hall–Kier alpha value is -1.48. The van der Waals surface area contributed by atoms with E-state index in [1.165, 1.54) is 17.5 Å². The van der Waals surface area contributed by atoms with E-state index in [2.05, 4.69) is 10.4 Å². The molecular weight excluding hydrogens is 296 g/mol. The fourth-order valence-corrected chi connectivity index (χ4v) is 3.62. The lowest BCUT2D eigenvalue weighted by molar-refractivity contribution is 0.471. The third kappa shape index (κ3) is 3.15. The number of sulfonamides is 1. The number of nitrogens with one attached hydrogen (secondary N) is 1. The number of nitrogens with zero attached hydrogens (tertiary/aromatic N) is 2. The van der Waals surface area contributed by atoms with Gasteiger partial charge < -0.3 is 5.43 Å². The number of aromatic nitrogens is 1. The number of hydrazine groups is 1. The predicted molar refractivity (Wildman–Crippen MR) is 79.9 cm³/mol. The topological polar surface area (TPSA) is 88.3 Å². The molecule has 0 aliphatic rings. The first kappa shape index (κ1) is 14.9. The monoisotopic (exact) mass is 312 g/mol. The Labute approximate surface area is 122 Å². The highest BCUT2D eigenvalue weighted by atomic mass is 32.2. The lowest BCUT2D eigenvalue weighted by atomic mass is 10.3. The van der Waals surface area contributed by atoms with Crippen LogP contribution in [0.1, 0.15) is 4.88 Å². The van der Waals surface area contributed by atoms with Crippen molar-refractivity contribution in [3.63, 3.8) is 0 Å². The SMILES string of the molecule is CN(CCc1cccs1)S(=O)(=O)c1ncccc1NN. The lowest BCUT2D eigenvalue weighted by Gasteiger charge is -2.17. The van der Waals surface area contributed by atoms with Gasteiger partial charge in [-0.15, -0.1) is 11.3 Å². The summed E-state index contributed by atoms with van der Waals surface area (Å²) in [5, 5.41) is 1.91. The van der Waals surface area contributed by atoms with Crippen molar-refractivity contribution in [2.75, 3.05) is 19.0 Å². The van der Waals surface area contributed by atoms with Gasteiger partial charge >= 0.3 is 0 Å². The van der Waals surface area contributed by atoms with Crippen molar-refractivity contribution in [2.24, 2.45) is 5.84 Å². The molecule has 0 aliphatic carbocycles. The molecule has 8 heteroatoms. The van der Waals surface area contributed by atoms with E-state index in [1.807, 2.05) is 17.5 Å². The Morgan fingerprint density at radius 1 is 1.40 bits per heavy atom. The Balaban J connectivity index is 2.16. The van der Waals surface area contributed by atoms with Crippen LogP contribution in [0.25, 0.3) is 0 Å². The fraction of sp³-hybridized carbons (Fsp3) is 0.250. The van der Waals surface area contributed by atoms with Crippen LogP contribution >= 0.6 is 11.3 Å². The number of nitrogen functional groups attached to an aromatic ring is 1. The Bertz CT molecular complexity index is 656. The van der Waals surface area contributed by atoms with Gasteiger partial charge in [0.05, 0.1) is 5.69 Å². The lowest BCUT2D eigenvalue weighted by Crippen LogP contribution is -2.30. The molecule has 0 spiro atoms. The highest BCUT2D eigenvalue weighted by Crippen LogP contribution is 2.20. The molecule has 0 aromatic carbocycles. The number of likely N-dealkylation sites (N-methyl/N-ethyl adjacent to an activating group) is 1. The number of rotatable bonds is 6. The van der Waals surface area contributed by atoms with Crippen molar-refractivity contribution >= 4 is 27.0 Å². The number of anilines is 1. The summed E-state index contributed by atoms with van der Waals surface area (Å²) in [6, 6.07) is 7.13. The number of pyridine rings is 1. The van der Waals surface area contributed by atoms with E-state index >= 15 is 0 Å². The third-order valence-corrected chi connectivity index (χ3v) is 5.59. The molecule has 0 fully saturated rings. The predicted octanol–water partition coefficient (Wildman–Crippen LogP) is 1.29. The molecule has 0 radical (unpaired) electrons. The van der Waals surface area contributed by atoms with Gasteiger partial charge in [0.1, 0.15) is 0 Å². The van der Waals surface area contributed by atoms with Gasteiger partial charge in [-0.25, -0.2) is 13.4 Å². The largest absolute Gasteiger partial charge is 0.321 e. The summed E-state index contributed by atoms with van der Waals surface area (Å²) in [5.74, 6) is 5.33. The molecule has 108 valence electrons. The summed E-state index contributed by atoms with van der Waals surface area (Å²) < 4.78 is 26.2. The van der Waals surface area contributed by atoms with Crippen LogP contribution in [0, 0.1) is 0 Å². The molecule has 0 saturated carbocycles. The zero-order chi connectivity index (χ0) is 14.6. The standard InChI is InChI=1S/C12H16N4O2S2/c1-16(8-6-10-4-3-9-19-10)20(17,18)12-11(15-13)5-2-7-14-12/h2-5,7,9,15H,6,8,13H2,1H3. The van der Waals surface area contributed by atoms with Crippen molar-refractivity contribution in [1.82, 2.24) is 9.29 Å². The van der Waals surface area contributed by atoms with E-state index in [0.29, 0.717) is 13.0 Å². The van der Waals surface area contributed by atoms with Gasteiger partial charge in [-0.05, 0) is 30.0 Å². The maximum atomic E-state index is 12.4. The summed E-state index contributed by atoms with van der Waals surface area (Å²) >= 11 is 1.61. The zero-order valence-electron chi connectivity index (χ0n) is 11.0. The van der Waals surface area contributed by atoms with Crippen LogP contribution < -0.4 is 11.3 Å². The quantitative estimate of drug-likeness (QED) is 0.620. The smallest absolute Gasteiger partial charge is 0.262 e. The first-order valence-corrected chi connectivity index (χ1v) is 8.28. The molecule has 3 N–H and O–H groups in total. The average molecular weight is 312 g/mol. The number of hydrogen-bond donors (Lipinski definition) is 2. The van der Waals surface area contributed by atoms with Crippen molar-refractivity contribution in [3.05, 3.63) is 40.7 Å². The molecule has 20 heavy (non-hydrogen) atoms. The summed E-state index contributed by atoms with van der Waals surface area (Å²) in [5.41, 5.74) is 2.65. The van der Waals surface area contributed by atoms with Gasteiger partial charge in [-0.1, -0.05) is 6.07 Å². The van der Waals surface area contributed by atoms with E-state index in [0.717, 1.165) is 4.88 Å². The minimum atomic E-state index is -3.65. The molecule has 2 heterocycles. The minimum absolute atomic E-state index is 0.0591.